The third kappa shape index (κ3) is 3.15. The van der Waals surface area contributed by atoms with Gasteiger partial charge in [-0.3, -0.25) is 4.79 Å². The summed E-state index contributed by atoms with van der Waals surface area (Å²) in [6, 6.07) is 16.4. The van der Waals surface area contributed by atoms with Crippen LogP contribution in [-0.4, -0.2) is 23.4 Å². The molecule has 1 fully saturated rings. The van der Waals surface area contributed by atoms with Crippen molar-refractivity contribution in [3.63, 3.8) is 0 Å². The number of likely N-dealkylation sites (tertiary alicyclic amines) is 1. The Morgan fingerprint density at radius 3 is 2.52 bits per heavy atom. The van der Waals surface area contributed by atoms with E-state index in [0.717, 1.165) is 24.1 Å². The zero-order chi connectivity index (χ0) is 16.4. The van der Waals surface area contributed by atoms with Crippen LogP contribution in [0.1, 0.15) is 46.3 Å². The van der Waals surface area contributed by atoms with Gasteiger partial charge >= 0.3 is 0 Å². The van der Waals surface area contributed by atoms with Crippen LogP contribution >= 0.6 is 0 Å². The number of benzene rings is 2. The lowest BCUT2D eigenvalue weighted by Gasteiger charge is -2.22. The second-order valence-corrected chi connectivity index (χ2v) is 6.50. The number of nitrogens with zero attached hydrogens (tertiary/aromatic N) is 1. The Balaban J connectivity index is 1.78. The molecular weight excluding hydrogens is 284 g/mol. The van der Waals surface area contributed by atoms with Gasteiger partial charge in [-0.2, -0.15) is 0 Å². The van der Waals surface area contributed by atoms with E-state index >= 15 is 0 Å². The number of hydrogen-bond donors (Lipinski definition) is 1. The molecule has 2 aromatic rings. The summed E-state index contributed by atoms with van der Waals surface area (Å²) in [4.78, 5) is 14.8. The third-order valence-corrected chi connectivity index (χ3v) is 4.90. The molecule has 23 heavy (non-hydrogen) atoms. The van der Waals surface area contributed by atoms with Gasteiger partial charge in [-0.25, -0.2) is 0 Å². The van der Waals surface area contributed by atoms with Crippen LogP contribution in [0, 0.1) is 6.92 Å². The van der Waals surface area contributed by atoms with Crippen molar-refractivity contribution < 1.29 is 4.79 Å². The van der Waals surface area contributed by atoms with Gasteiger partial charge in [0.15, 0.2) is 0 Å². The highest BCUT2D eigenvalue weighted by molar-refractivity contribution is 5.94. The van der Waals surface area contributed by atoms with E-state index in [-0.39, 0.29) is 11.9 Å². The number of nitrogens with two attached hydrogens (primary N) is 1. The molecule has 2 aromatic carbocycles. The summed E-state index contributed by atoms with van der Waals surface area (Å²) in [5.41, 5.74) is 10.1. The van der Waals surface area contributed by atoms with Gasteiger partial charge in [0.25, 0.3) is 5.91 Å². The van der Waals surface area contributed by atoms with Crippen molar-refractivity contribution in [2.45, 2.75) is 38.8 Å². The molecule has 1 saturated heterocycles. The van der Waals surface area contributed by atoms with Crippen LogP contribution in [0.15, 0.2) is 48.5 Å². The Bertz CT molecular complexity index is 693. The molecule has 0 spiro atoms. The maximum atomic E-state index is 12.8. The topological polar surface area (TPSA) is 46.3 Å². The Hall–Kier alpha value is -2.13. The third-order valence-electron chi connectivity index (χ3n) is 4.90. The molecule has 0 radical (unpaired) electrons. The van der Waals surface area contributed by atoms with Gasteiger partial charge in [-0.1, -0.05) is 36.4 Å². The van der Waals surface area contributed by atoms with E-state index in [2.05, 4.69) is 38.1 Å². The first-order valence-corrected chi connectivity index (χ1v) is 8.25. The van der Waals surface area contributed by atoms with E-state index in [1.165, 1.54) is 11.1 Å². The lowest BCUT2D eigenvalue weighted by Crippen LogP contribution is -2.33. The average molecular weight is 308 g/mol. The van der Waals surface area contributed by atoms with Gasteiger partial charge in [0.05, 0.1) is 0 Å². The maximum Gasteiger partial charge on any atom is 0.254 e. The molecule has 3 nitrogen and oxygen atoms in total. The second-order valence-electron chi connectivity index (χ2n) is 6.50. The van der Waals surface area contributed by atoms with E-state index in [1.807, 2.05) is 29.2 Å². The molecule has 0 aromatic heterocycles. The summed E-state index contributed by atoms with van der Waals surface area (Å²) in [5, 5.41) is 0. The standard InChI is InChI=1S/C20H24N2O/c1-14-5-3-4-6-19(14)18-11-15(2)22(13-18)20(23)17-9-7-16(12-21)8-10-17/h3-10,15,18H,11-13,21H2,1-2H3/t15-,18+/m1/s1. The number of aryl methyl sites for hydroxylation is 1. The SMILES string of the molecule is Cc1ccccc1[C@H]1C[C@@H](C)N(C(=O)c2ccc(CN)cc2)C1. The molecule has 120 valence electrons. The Morgan fingerprint density at radius 1 is 1.17 bits per heavy atom. The van der Waals surface area contributed by atoms with Crippen LogP contribution < -0.4 is 5.73 Å². The minimum absolute atomic E-state index is 0.122. The fourth-order valence-corrected chi connectivity index (χ4v) is 3.53. The Morgan fingerprint density at radius 2 is 1.87 bits per heavy atom. The monoisotopic (exact) mass is 308 g/mol. The summed E-state index contributed by atoms with van der Waals surface area (Å²) in [6.07, 6.45) is 1.03. The van der Waals surface area contributed by atoms with Crippen molar-refractivity contribution in [2.75, 3.05) is 6.54 Å². The number of carbonyl (C=O) groups is 1. The first-order chi connectivity index (χ1) is 11.1. The smallest absolute Gasteiger partial charge is 0.254 e. The van der Waals surface area contributed by atoms with Crippen LogP contribution in [0.5, 0.6) is 0 Å². The maximum absolute atomic E-state index is 12.8. The van der Waals surface area contributed by atoms with E-state index in [1.54, 1.807) is 0 Å². The van der Waals surface area contributed by atoms with Crippen molar-refractivity contribution in [3.05, 3.63) is 70.8 Å². The number of carbonyl (C=O) groups excluding carboxylic acids is 1. The van der Waals surface area contributed by atoms with Crippen molar-refractivity contribution >= 4 is 5.91 Å². The quantitative estimate of drug-likeness (QED) is 0.943. The zero-order valence-corrected chi connectivity index (χ0v) is 13.8. The van der Waals surface area contributed by atoms with Crippen molar-refractivity contribution in [1.82, 2.24) is 4.90 Å². The first-order valence-electron chi connectivity index (χ1n) is 8.25. The summed E-state index contributed by atoms with van der Waals surface area (Å²) < 4.78 is 0. The van der Waals surface area contributed by atoms with E-state index in [0.29, 0.717) is 12.5 Å². The van der Waals surface area contributed by atoms with Gasteiger partial charge in [0.1, 0.15) is 0 Å². The summed E-state index contributed by atoms with van der Waals surface area (Å²) in [5.74, 6) is 0.552. The fraction of sp³-hybridized carbons (Fsp3) is 0.350. The Labute approximate surface area is 138 Å². The second kappa shape index (κ2) is 6.55. The molecule has 1 aliphatic heterocycles. The molecule has 0 unspecified atom stereocenters. The minimum atomic E-state index is 0.122. The number of rotatable bonds is 3. The number of amides is 1. The molecule has 0 saturated carbocycles. The molecule has 2 atom stereocenters. The number of hydrogen-bond acceptors (Lipinski definition) is 2. The molecule has 3 rings (SSSR count). The lowest BCUT2D eigenvalue weighted by molar-refractivity contribution is 0.0746. The highest BCUT2D eigenvalue weighted by atomic mass is 16.2. The minimum Gasteiger partial charge on any atom is -0.335 e. The molecule has 3 heteroatoms. The molecule has 1 amide bonds. The lowest BCUT2D eigenvalue weighted by atomic mass is 9.93. The molecule has 0 bridgehead atoms. The van der Waals surface area contributed by atoms with Crippen LogP contribution in [-0.2, 0) is 6.54 Å². The van der Waals surface area contributed by atoms with Crippen LogP contribution in [0.3, 0.4) is 0 Å². The summed E-state index contributed by atoms with van der Waals surface area (Å²) >= 11 is 0. The predicted molar refractivity (Wildman–Crippen MR) is 93.4 cm³/mol. The highest BCUT2D eigenvalue weighted by Gasteiger charge is 2.34. The van der Waals surface area contributed by atoms with E-state index in [4.69, 9.17) is 5.73 Å². The Kier molecular flexibility index (Phi) is 4.49. The predicted octanol–water partition coefficient (Wildman–Crippen LogP) is 3.47. The molecule has 0 aliphatic carbocycles. The van der Waals surface area contributed by atoms with Gasteiger partial charge < -0.3 is 10.6 Å². The van der Waals surface area contributed by atoms with Gasteiger partial charge in [0.2, 0.25) is 0 Å². The normalized spacial score (nSPS) is 20.7. The molecule has 1 heterocycles. The van der Waals surface area contributed by atoms with E-state index < -0.39 is 0 Å². The zero-order valence-electron chi connectivity index (χ0n) is 13.8. The molecular formula is C20H24N2O. The first kappa shape index (κ1) is 15.8. The highest BCUT2D eigenvalue weighted by Crippen LogP contribution is 2.34. The van der Waals surface area contributed by atoms with Crippen molar-refractivity contribution in [1.29, 1.82) is 0 Å². The van der Waals surface area contributed by atoms with Crippen molar-refractivity contribution in [3.8, 4) is 0 Å². The molecule has 2 N–H and O–H groups in total. The largest absolute Gasteiger partial charge is 0.335 e. The van der Waals surface area contributed by atoms with E-state index in [9.17, 15) is 4.79 Å². The van der Waals surface area contributed by atoms with Crippen LogP contribution in [0.2, 0.25) is 0 Å². The van der Waals surface area contributed by atoms with Crippen LogP contribution in [0.25, 0.3) is 0 Å². The average Bonchev–Trinajstić information content (AvgIpc) is 2.96. The molecule has 1 aliphatic rings. The fourth-order valence-electron chi connectivity index (χ4n) is 3.53. The van der Waals surface area contributed by atoms with Gasteiger partial charge in [-0.05, 0) is 49.1 Å². The summed E-state index contributed by atoms with van der Waals surface area (Å²) in [6.45, 7) is 5.59. The van der Waals surface area contributed by atoms with Crippen LogP contribution in [0.4, 0.5) is 0 Å². The summed E-state index contributed by atoms with van der Waals surface area (Å²) in [7, 11) is 0. The van der Waals surface area contributed by atoms with Gasteiger partial charge in [0, 0.05) is 30.6 Å². The van der Waals surface area contributed by atoms with Crippen molar-refractivity contribution in [2.24, 2.45) is 5.73 Å². The van der Waals surface area contributed by atoms with Gasteiger partial charge in [-0.15, -0.1) is 0 Å².